The molecule has 0 bridgehead atoms. The third kappa shape index (κ3) is 1.18. The highest BCUT2D eigenvalue weighted by atomic mass is 16.4. The minimum absolute atomic E-state index is 0.258. The number of carboxylic acids is 2. The summed E-state index contributed by atoms with van der Waals surface area (Å²) >= 11 is 0. The fourth-order valence-electron chi connectivity index (χ4n) is 5.85. The smallest absolute Gasteiger partial charge is 0.311 e. The van der Waals surface area contributed by atoms with Gasteiger partial charge in [0.15, 0.2) is 0 Å². The zero-order valence-corrected chi connectivity index (χ0v) is 12.9. The predicted octanol–water partition coefficient (Wildman–Crippen LogP) is 2.82. The molecule has 120 valence electrons. The second-order valence-corrected chi connectivity index (χ2v) is 7.26. The summed E-state index contributed by atoms with van der Waals surface area (Å²) in [5.74, 6) is -2.47. The fourth-order valence-corrected chi connectivity index (χ4v) is 5.85. The molecule has 5 rings (SSSR count). The van der Waals surface area contributed by atoms with Crippen LogP contribution in [-0.4, -0.2) is 22.2 Å². The van der Waals surface area contributed by atoms with Crippen molar-refractivity contribution in [2.45, 2.75) is 24.7 Å². The van der Waals surface area contributed by atoms with E-state index in [1.54, 1.807) is 0 Å². The van der Waals surface area contributed by atoms with Gasteiger partial charge in [0.05, 0.1) is 10.8 Å². The van der Waals surface area contributed by atoms with Crippen LogP contribution in [0.15, 0.2) is 48.5 Å². The van der Waals surface area contributed by atoms with E-state index in [9.17, 15) is 19.8 Å². The van der Waals surface area contributed by atoms with Crippen molar-refractivity contribution in [3.63, 3.8) is 0 Å². The lowest BCUT2D eigenvalue weighted by Gasteiger charge is -2.60. The molecule has 4 nitrogen and oxygen atoms in total. The molecule has 0 saturated heterocycles. The van der Waals surface area contributed by atoms with Crippen LogP contribution in [0.3, 0.4) is 0 Å². The highest BCUT2D eigenvalue weighted by Gasteiger charge is 2.83. The lowest BCUT2D eigenvalue weighted by atomic mass is 9.38. The van der Waals surface area contributed by atoms with Crippen molar-refractivity contribution in [3.05, 3.63) is 70.8 Å². The number of carbonyl (C=O) groups is 2. The summed E-state index contributed by atoms with van der Waals surface area (Å²) in [7, 11) is 0. The average molecular weight is 320 g/mol. The van der Waals surface area contributed by atoms with Gasteiger partial charge in [-0.2, -0.15) is 0 Å². The molecular formula is C20H16O4. The Kier molecular flexibility index (Phi) is 2.34. The number of benzene rings is 2. The molecular weight excluding hydrogens is 304 g/mol. The van der Waals surface area contributed by atoms with Crippen molar-refractivity contribution in [3.8, 4) is 0 Å². The Morgan fingerprint density at radius 2 is 1.12 bits per heavy atom. The molecule has 2 N–H and O–H groups in total. The number of fused-ring (bicyclic) bond motifs is 8. The van der Waals surface area contributed by atoms with Crippen molar-refractivity contribution < 1.29 is 19.8 Å². The molecule has 0 heterocycles. The third-order valence-corrected chi connectivity index (χ3v) is 6.67. The Hall–Kier alpha value is -2.62. The van der Waals surface area contributed by atoms with E-state index in [-0.39, 0.29) is 11.8 Å². The van der Waals surface area contributed by atoms with Gasteiger partial charge >= 0.3 is 11.9 Å². The summed E-state index contributed by atoms with van der Waals surface area (Å²) < 4.78 is 0. The van der Waals surface area contributed by atoms with Crippen LogP contribution in [0.4, 0.5) is 0 Å². The van der Waals surface area contributed by atoms with Crippen molar-refractivity contribution in [1.82, 2.24) is 0 Å². The maximum absolute atomic E-state index is 12.4. The molecule has 2 unspecified atom stereocenters. The van der Waals surface area contributed by atoms with Crippen LogP contribution in [0.1, 0.15) is 34.1 Å². The summed E-state index contributed by atoms with van der Waals surface area (Å²) in [6, 6.07) is 15.4. The van der Waals surface area contributed by atoms with E-state index in [1.165, 1.54) is 0 Å². The Bertz CT molecular complexity index is 842. The van der Waals surface area contributed by atoms with Gasteiger partial charge < -0.3 is 10.2 Å². The molecule has 0 spiro atoms. The van der Waals surface area contributed by atoms with Gasteiger partial charge in [-0.05, 0) is 35.1 Å². The van der Waals surface area contributed by atoms with Crippen LogP contribution >= 0.6 is 0 Å². The van der Waals surface area contributed by atoms with Gasteiger partial charge in [-0.1, -0.05) is 48.5 Å². The quantitative estimate of drug-likeness (QED) is 0.892. The van der Waals surface area contributed by atoms with E-state index >= 15 is 0 Å². The highest BCUT2D eigenvalue weighted by Crippen LogP contribution is 2.80. The number of carboxylic acid groups (broad SMARTS) is 2. The molecule has 2 aromatic carbocycles. The summed E-state index contributed by atoms with van der Waals surface area (Å²) in [4.78, 5) is 24.8. The van der Waals surface area contributed by atoms with Crippen LogP contribution in [0.2, 0.25) is 0 Å². The molecule has 24 heavy (non-hydrogen) atoms. The topological polar surface area (TPSA) is 74.6 Å². The number of hydrogen-bond donors (Lipinski definition) is 2. The van der Waals surface area contributed by atoms with Gasteiger partial charge in [0, 0.05) is 11.8 Å². The Balaban J connectivity index is 1.82. The lowest BCUT2D eigenvalue weighted by molar-refractivity contribution is -0.200. The van der Waals surface area contributed by atoms with Gasteiger partial charge in [-0.25, -0.2) is 0 Å². The first kappa shape index (κ1) is 13.8. The molecule has 0 aromatic heterocycles. The molecule has 3 aliphatic rings. The SMILES string of the molecule is O=C(O)[C@@]12Cc3ccccc3C1C1c3ccccc3C[C@@]12C(=O)O. The zero-order chi connectivity index (χ0) is 16.7. The lowest BCUT2D eigenvalue weighted by Crippen LogP contribution is -2.67. The van der Waals surface area contributed by atoms with E-state index in [1.807, 2.05) is 48.5 Å². The molecule has 4 atom stereocenters. The monoisotopic (exact) mass is 320 g/mol. The largest absolute Gasteiger partial charge is 0.481 e. The molecule has 2 aromatic rings. The van der Waals surface area contributed by atoms with Gasteiger partial charge in [-0.15, -0.1) is 0 Å². The molecule has 1 saturated carbocycles. The average Bonchev–Trinajstić information content (AvgIpc) is 3.02. The van der Waals surface area contributed by atoms with Gasteiger partial charge in [0.1, 0.15) is 0 Å². The first-order chi connectivity index (χ1) is 11.5. The number of rotatable bonds is 2. The van der Waals surface area contributed by atoms with Gasteiger partial charge in [-0.3, -0.25) is 9.59 Å². The maximum atomic E-state index is 12.4. The Labute approximate surface area is 138 Å². The first-order valence-electron chi connectivity index (χ1n) is 8.16. The van der Waals surface area contributed by atoms with Gasteiger partial charge in [0.25, 0.3) is 0 Å². The number of hydrogen-bond acceptors (Lipinski definition) is 2. The summed E-state index contributed by atoms with van der Waals surface area (Å²) in [5, 5.41) is 20.3. The van der Waals surface area contributed by atoms with E-state index in [0.717, 1.165) is 22.3 Å². The third-order valence-electron chi connectivity index (χ3n) is 6.67. The molecule has 3 aliphatic carbocycles. The van der Waals surface area contributed by atoms with Crippen molar-refractivity contribution in [2.75, 3.05) is 0 Å². The first-order valence-corrected chi connectivity index (χ1v) is 8.16. The van der Waals surface area contributed by atoms with E-state index in [2.05, 4.69) is 0 Å². The molecule has 0 amide bonds. The van der Waals surface area contributed by atoms with E-state index < -0.39 is 22.8 Å². The highest BCUT2D eigenvalue weighted by molar-refractivity contribution is 5.95. The van der Waals surface area contributed by atoms with Crippen LogP contribution < -0.4 is 0 Å². The minimum atomic E-state index is -1.24. The predicted molar refractivity (Wildman–Crippen MR) is 85.9 cm³/mol. The van der Waals surface area contributed by atoms with Crippen LogP contribution in [-0.2, 0) is 22.4 Å². The zero-order valence-electron chi connectivity index (χ0n) is 12.9. The van der Waals surface area contributed by atoms with Gasteiger partial charge in [0.2, 0.25) is 0 Å². The molecule has 0 aliphatic heterocycles. The second kappa shape index (κ2) is 4.07. The normalized spacial score (nSPS) is 34.5. The Morgan fingerprint density at radius 3 is 1.50 bits per heavy atom. The summed E-state index contributed by atoms with van der Waals surface area (Å²) in [6.45, 7) is 0. The van der Waals surface area contributed by atoms with Crippen LogP contribution in [0, 0.1) is 10.8 Å². The van der Waals surface area contributed by atoms with Crippen molar-refractivity contribution in [1.29, 1.82) is 0 Å². The summed E-state index contributed by atoms with van der Waals surface area (Å²) in [6.07, 6.45) is 0.611. The Morgan fingerprint density at radius 1 is 0.750 bits per heavy atom. The molecule has 0 radical (unpaired) electrons. The maximum Gasteiger partial charge on any atom is 0.311 e. The molecule has 4 heteroatoms. The minimum Gasteiger partial charge on any atom is -0.481 e. The summed E-state index contributed by atoms with van der Waals surface area (Å²) in [5.41, 5.74) is 1.50. The second-order valence-electron chi connectivity index (χ2n) is 7.26. The van der Waals surface area contributed by atoms with E-state index in [0.29, 0.717) is 12.8 Å². The van der Waals surface area contributed by atoms with E-state index in [4.69, 9.17) is 0 Å². The standard InChI is InChI=1S/C20H16O4/c21-17(22)19-9-11-5-1-3-7-13(11)15(19)16-14-8-4-2-6-12(14)10-20(16,19)18(23)24/h1-8,15-16H,9-10H2,(H,21,22)(H,23,24)/t15?,16?,19-,20+. The fraction of sp³-hybridized carbons (Fsp3) is 0.300. The van der Waals surface area contributed by atoms with Crippen molar-refractivity contribution >= 4 is 11.9 Å². The molecule has 1 fully saturated rings. The van der Waals surface area contributed by atoms with Crippen LogP contribution in [0.5, 0.6) is 0 Å². The van der Waals surface area contributed by atoms with Crippen molar-refractivity contribution in [2.24, 2.45) is 10.8 Å². The number of aliphatic carboxylic acids is 2. The van der Waals surface area contributed by atoms with Crippen LogP contribution in [0.25, 0.3) is 0 Å².